The monoisotopic (exact) mass is 397 g/mol. The van der Waals surface area contributed by atoms with Crippen LogP contribution in [0, 0.1) is 6.10 Å². The minimum absolute atomic E-state index is 0.0170. The fraction of sp³-hybridized carbons (Fsp3) is 0.571. The van der Waals surface area contributed by atoms with Gasteiger partial charge in [0.2, 0.25) is 5.95 Å². The molecule has 7 nitrogen and oxygen atoms in total. The molecule has 1 aliphatic carbocycles. The molecule has 0 unspecified atom stereocenters. The second-order valence-electron chi connectivity index (χ2n) is 6.42. The molecule has 149 valence electrons. The molecule has 0 aromatic carbocycles. The highest BCUT2D eigenvalue weighted by molar-refractivity contribution is 5.82. The SMILES string of the molecule is Nc1nc(N)c2ncn(CC3(O[C](CC(F)(F)F)CC(F)(F)F)CC3)c2n1. The Balaban J connectivity index is 1.80. The van der Waals surface area contributed by atoms with Gasteiger partial charge in [0.05, 0.1) is 31.3 Å². The number of ether oxygens (including phenoxy) is 1. The van der Waals surface area contributed by atoms with Gasteiger partial charge in [-0.1, -0.05) is 0 Å². The van der Waals surface area contributed by atoms with E-state index in [0.29, 0.717) is 12.8 Å². The minimum Gasteiger partial charge on any atom is -0.382 e. The summed E-state index contributed by atoms with van der Waals surface area (Å²) >= 11 is 0. The van der Waals surface area contributed by atoms with Crippen LogP contribution in [0.1, 0.15) is 25.7 Å². The molecule has 0 atom stereocenters. The van der Waals surface area contributed by atoms with Gasteiger partial charge in [0.25, 0.3) is 0 Å². The molecule has 13 heteroatoms. The fourth-order valence-corrected chi connectivity index (χ4v) is 2.73. The van der Waals surface area contributed by atoms with Crippen LogP contribution in [-0.2, 0) is 11.3 Å². The van der Waals surface area contributed by atoms with Gasteiger partial charge >= 0.3 is 12.4 Å². The van der Waals surface area contributed by atoms with Crippen LogP contribution in [0.15, 0.2) is 6.33 Å². The molecule has 0 saturated heterocycles. The van der Waals surface area contributed by atoms with Crippen LogP contribution < -0.4 is 11.5 Å². The Hall–Kier alpha value is -2.31. The van der Waals surface area contributed by atoms with Crippen molar-refractivity contribution in [2.45, 2.75) is 50.2 Å². The first-order valence-corrected chi connectivity index (χ1v) is 7.77. The maximum absolute atomic E-state index is 12.6. The van der Waals surface area contributed by atoms with Crippen molar-refractivity contribution in [3.05, 3.63) is 12.4 Å². The third kappa shape index (κ3) is 4.90. The van der Waals surface area contributed by atoms with Gasteiger partial charge in [0.1, 0.15) is 11.6 Å². The molecule has 1 saturated carbocycles. The quantitative estimate of drug-likeness (QED) is 0.727. The van der Waals surface area contributed by atoms with E-state index in [-0.39, 0.29) is 29.5 Å². The number of anilines is 2. The van der Waals surface area contributed by atoms with E-state index < -0.39 is 36.9 Å². The van der Waals surface area contributed by atoms with Crippen LogP contribution in [0.25, 0.3) is 11.2 Å². The molecule has 0 spiro atoms. The maximum Gasteiger partial charge on any atom is 0.391 e. The Labute approximate surface area is 148 Å². The second-order valence-corrected chi connectivity index (χ2v) is 6.42. The highest BCUT2D eigenvalue weighted by atomic mass is 19.4. The predicted molar refractivity (Wildman–Crippen MR) is 81.8 cm³/mol. The molecule has 2 aromatic rings. The Morgan fingerprint density at radius 1 is 1.07 bits per heavy atom. The number of halogens is 6. The smallest absolute Gasteiger partial charge is 0.382 e. The summed E-state index contributed by atoms with van der Waals surface area (Å²) < 4.78 is 82.4. The molecular weight excluding hydrogens is 382 g/mol. The lowest BCUT2D eigenvalue weighted by atomic mass is 10.1. The second kappa shape index (κ2) is 6.39. The summed E-state index contributed by atoms with van der Waals surface area (Å²) in [5.41, 5.74) is 10.5. The van der Waals surface area contributed by atoms with Gasteiger partial charge < -0.3 is 20.8 Å². The number of nitrogens with zero attached hydrogens (tertiary/aromatic N) is 4. The summed E-state index contributed by atoms with van der Waals surface area (Å²) in [4.78, 5) is 11.7. The van der Waals surface area contributed by atoms with Crippen LogP contribution in [0.2, 0.25) is 0 Å². The number of aromatic nitrogens is 4. The molecule has 2 heterocycles. The van der Waals surface area contributed by atoms with Crippen molar-refractivity contribution >= 4 is 22.9 Å². The van der Waals surface area contributed by atoms with E-state index in [1.807, 2.05) is 0 Å². The summed E-state index contributed by atoms with van der Waals surface area (Å²) in [6.45, 7) is -0.0430. The number of hydrogen-bond acceptors (Lipinski definition) is 6. The third-order valence-electron chi connectivity index (χ3n) is 3.93. The van der Waals surface area contributed by atoms with Crippen LogP contribution in [-0.4, -0.2) is 37.5 Å². The standard InChI is InChI=1S/C14H15F6N6O/c15-13(16,17)3-7(4-14(18,19)20)27-12(1-2-12)5-26-6-23-8-9(21)24-11(22)25-10(8)26/h6H,1-5H2,(H4,21,22,24,25). The maximum atomic E-state index is 12.6. The Kier molecular flexibility index (Phi) is 4.60. The van der Waals surface area contributed by atoms with Gasteiger partial charge in [-0.15, -0.1) is 0 Å². The summed E-state index contributed by atoms with van der Waals surface area (Å²) in [5, 5.41) is 0. The van der Waals surface area contributed by atoms with E-state index in [1.165, 1.54) is 10.9 Å². The van der Waals surface area contributed by atoms with E-state index >= 15 is 0 Å². The van der Waals surface area contributed by atoms with Gasteiger partial charge in [-0.25, -0.2) is 4.98 Å². The molecule has 4 N–H and O–H groups in total. The van der Waals surface area contributed by atoms with Gasteiger partial charge in [-0.05, 0) is 12.8 Å². The van der Waals surface area contributed by atoms with Gasteiger partial charge in [0.15, 0.2) is 11.5 Å². The lowest BCUT2D eigenvalue weighted by Gasteiger charge is -2.26. The highest BCUT2D eigenvalue weighted by Gasteiger charge is 2.50. The van der Waals surface area contributed by atoms with Crippen LogP contribution in [0.3, 0.4) is 0 Å². The van der Waals surface area contributed by atoms with Crippen LogP contribution >= 0.6 is 0 Å². The van der Waals surface area contributed by atoms with E-state index in [2.05, 4.69) is 15.0 Å². The zero-order valence-corrected chi connectivity index (χ0v) is 13.7. The Morgan fingerprint density at radius 2 is 1.67 bits per heavy atom. The minimum atomic E-state index is -4.81. The molecule has 2 aromatic heterocycles. The summed E-state index contributed by atoms with van der Waals surface area (Å²) in [7, 11) is 0. The number of imidazole rings is 1. The first-order valence-electron chi connectivity index (χ1n) is 7.77. The van der Waals surface area contributed by atoms with Crippen molar-refractivity contribution in [2.24, 2.45) is 0 Å². The predicted octanol–water partition coefficient (Wildman–Crippen LogP) is 2.98. The molecule has 0 aliphatic heterocycles. The van der Waals surface area contributed by atoms with Crippen molar-refractivity contribution < 1.29 is 31.1 Å². The van der Waals surface area contributed by atoms with E-state index in [4.69, 9.17) is 16.2 Å². The average molecular weight is 397 g/mol. The first-order chi connectivity index (χ1) is 12.4. The fourth-order valence-electron chi connectivity index (χ4n) is 2.73. The molecule has 1 aliphatic rings. The summed E-state index contributed by atoms with van der Waals surface area (Å²) in [6.07, 6.45) is -12.3. The number of fused-ring (bicyclic) bond motifs is 1. The van der Waals surface area contributed by atoms with Crippen molar-refractivity contribution in [3.63, 3.8) is 0 Å². The van der Waals surface area contributed by atoms with Crippen molar-refractivity contribution in [1.29, 1.82) is 0 Å². The van der Waals surface area contributed by atoms with E-state index in [1.54, 1.807) is 0 Å². The van der Waals surface area contributed by atoms with Gasteiger partial charge in [0, 0.05) is 0 Å². The normalized spacial score (nSPS) is 17.0. The number of hydrogen-bond donors (Lipinski definition) is 2. The van der Waals surface area contributed by atoms with Crippen LogP contribution in [0.5, 0.6) is 0 Å². The molecule has 1 radical (unpaired) electrons. The number of nitrogen functional groups attached to an aromatic ring is 2. The number of alkyl halides is 6. The average Bonchev–Trinajstić information content (AvgIpc) is 3.08. The summed E-state index contributed by atoms with van der Waals surface area (Å²) in [6, 6.07) is 0. The zero-order chi connectivity index (χ0) is 20.0. The van der Waals surface area contributed by atoms with Gasteiger partial charge in [-0.3, -0.25) is 0 Å². The van der Waals surface area contributed by atoms with Crippen molar-refractivity contribution in [2.75, 3.05) is 11.5 Å². The van der Waals surface area contributed by atoms with Crippen LogP contribution in [0.4, 0.5) is 38.1 Å². The van der Waals surface area contributed by atoms with Gasteiger partial charge in [-0.2, -0.15) is 36.3 Å². The summed E-state index contributed by atoms with van der Waals surface area (Å²) in [5.74, 6) is -0.114. The molecule has 27 heavy (non-hydrogen) atoms. The molecule has 0 amide bonds. The zero-order valence-electron chi connectivity index (χ0n) is 13.7. The molecule has 1 fully saturated rings. The number of rotatable bonds is 6. The lowest BCUT2D eigenvalue weighted by Crippen LogP contribution is -2.29. The molecular formula is C14H15F6N6O. The highest BCUT2D eigenvalue weighted by Crippen LogP contribution is 2.47. The molecule has 3 rings (SSSR count). The lowest BCUT2D eigenvalue weighted by molar-refractivity contribution is -0.177. The van der Waals surface area contributed by atoms with E-state index in [0.717, 1.165) is 0 Å². The number of nitrogens with two attached hydrogens (primary N) is 2. The van der Waals surface area contributed by atoms with E-state index in [9.17, 15) is 26.3 Å². The Bertz CT molecular complexity index is 812. The first kappa shape index (κ1) is 19.5. The third-order valence-corrected chi connectivity index (χ3v) is 3.93. The van der Waals surface area contributed by atoms with Crippen molar-refractivity contribution in [1.82, 2.24) is 19.5 Å². The topological polar surface area (TPSA) is 105 Å². The largest absolute Gasteiger partial charge is 0.391 e. The van der Waals surface area contributed by atoms with Crippen molar-refractivity contribution in [3.8, 4) is 0 Å². The Morgan fingerprint density at radius 3 is 2.19 bits per heavy atom. The molecule has 0 bridgehead atoms.